The number of thiophene rings is 1. The Bertz CT molecular complexity index is 4160. The zero-order valence-electron chi connectivity index (χ0n) is 35.2. The molecule has 0 unspecified atom stereocenters. The van der Waals surface area contributed by atoms with Gasteiger partial charge in [-0.2, -0.15) is 0 Å². The Morgan fingerprint density at radius 1 is 0.354 bits per heavy atom. The fraction of sp³-hybridized carbons (Fsp3) is 0. The van der Waals surface area contributed by atoms with Gasteiger partial charge in [-0.05, 0) is 81.4 Å². The van der Waals surface area contributed by atoms with Crippen LogP contribution in [0.15, 0.2) is 235 Å². The molecule has 0 saturated carbocycles. The summed E-state index contributed by atoms with van der Waals surface area (Å²) in [5.41, 5.74) is 8.91. The van der Waals surface area contributed by atoms with Gasteiger partial charge >= 0.3 is 0 Å². The van der Waals surface area contributed by atoms with Gasteiger partial charge in [-0.3, -0.25) is 0 Å². The van der Waals surface area contributed by atoms with Crippen molar-refractivity contribution in [3.63, 3.8) is 0 Å². The second kappa shape index (κ2) is 14.0. The predicted octanol–water partition coefficient (Wildman–Crippen LogP) is 13.5. The van der Waals surface area contributed by atoms with Crippen LogP contribution in [0.2, 0.25) is 0 Å². The molecule has 0 aliphatic rings. The maximum atomic E-state index is 7.02. The first-order chi connectivity index (χ1) is 32.3. The Morgan fingerprint density at radius 3 is 1.66 bits per heavy atom. The molecule has 0 aliphatic carbocycles. The Labute approximate surface area is 379 Å². The van der Waals surface area contributed by atoms with E-state index in [1.54, 1.807) is 0 Å². The van der Waals surface area contributed by atoms with E-state index in [0.717, 1.165) is 33.3 Å². The first-order valence-corrected chi connectivity index (χ1v) is 25.1. The summed E-state index contributed by atoms with van der Waals surface area (Å²) in [6.07, 6.45) is 0. The fourth-order valence-corrected chi connectivity index (χ4v) is 17.5. The zero-order chi connectivity index (χ0) is 42.6. The van der Waals surface area contributed by atoms with Crippen LogP contribution in [0.1, 0.15) is 0 Å². The summed E-state index contributed by atoms with van der Waals surface area (Å²) < 4.78 is 14.7. The summed E-state index contributed by atoms with van der Waals surface area (Å²) >= 11 is 1.86. The maximum Gasteiger partial charge on any atom is 0.184 e. The van der Waals surface area contributed by atoms with Gasteiger partial charge in [0.25, 0.3) is 0 Å². The Hall–Kier alpha value is -7.96. The molecule has 0 radical (unpaired) electrons. The van der Waals surface area contributed by atoms with Crippen molar-refractivity contribution in [3.8, 4) is 11.4 Å². The lowest BCUT2D eigenvalue weighted by molar-refractivity contribution is 0.671. The minimum Gasteiger partial charge on any atom is -0.456 e. The number of aromatic nitrogens is 2. The molecule has 14 aromatic rings. The number of furan rings is 1. The minimum absolute atomic E-state index is 0.907. The smallest absolute Gasteiger partial charge is 0.184 e. The van der Waals surface area contributed by atoms with Crippen LogP contribution in [0.3, 0.4) is 0 Å². The average molecular weight is 863 g/mol. The fourth-order valence-electron chi connectivity index (χ4n) is 11.3. The Kier molecular flexibility index (Phi) is 7.87. The van der Waals surface area contributed by atoms with E-state index in [4.69, 9.17) is 4.42 Å². The first kappa shape index (κ1) is 36.5. The summed E-state index contributed by atoms with van der Waals surface area (Å²) in [5.74, 6) is 0. The van der Waals surface area contributed by atoms with E-state index in [2.05, 4.69) is 240 Å². The molecule has 0 saturated heterocycles. The molecule has 10 aromatic carbocycles. The van der Waals surface area contributed by atoms with Crippen molar-refractivity contribution in [1.82, 2.24) is 9.13 Å². The topological polar surface area (TPSA) is 23.0 Å². The highest BCUT2D eigenvalue weighted by molar-refractivity contribution is 7.25. The zero-order valence-corrected chi connectivity index (χ0v) is 37.0. The number of benzene rings is 10. The number of rotatable bonds is 6. The molecular weight excluding hydrogens is 825 g/mol. The van der Waals surface area contributed by atoms with Crippen LogP contribution in [0.4, 0.5) is 0 Å². The molecule has 4 heterocycles. The number of para-hydroxylation sites is 4. The molecule has 65 heavy (non-hydrogen) atoms. The molecule has 0 spiro atoms. The quantitative estimate of drug-likeness (QED) is 0.121. The monoisotopic (exact) mass is 862 g/mol. The summed E-state index contributed by atoms with van der Waals surface area (Å²) in [7, 11) is -3.18. The van der Waals surface area contributed by atoms with Crippen LogP contribution in [-0.4, -0.2) is 17.2 Å². The molecule has 0 amide bonds. The van der Waals surface area contributed by atoms with Crippen LogP contribution in [0, 0.1) is 0 Å². The molecule has 0 bridgehead atoms. The molecule has 304 valence electrons. The normalized spacial score (nSPS) is 12.3. The molecule has 0 fully saturated rings. The van der Waals surface area contributed by atoms with Gasteiger partial charge in [-0.25, -0.2) is 0 Å². The summed E-state index contributed by atoms with van der Waals surface area (Å²) in [5, 5.41) is 15.0. The molecule has 0 atom stereocenters. The standard InChI is InChI=1S/C60H38N2OSSi/c1-3-18-40(19-4-1)65(41-20-5-2-6-21-41,57-35-15-26-44-42-22-9-13-32-53(42)63-60(44)57)56-34-17-31-52-59(56)46-25-8-12-28-49(46)62(52)51-30-16-29-50-58(51)45-24-7-11-27-48(45)61(50)39-36-37-55-47(38-39)43-23-10-14-33-54(43)64-55/h1-38H. The molecule has 4 aromatic heterocycles. The van der Waals surface area contributed by atoms with Crippen molar-refractivity contribution < 1.29 is 4.42 Å². The second-order valence-corrected chi connectivity index (χ2v) is 21.9. The van der Waals surface area contributed by atoms with Crippen LogP contribution in [0.5, 0.6) is 0 Å². The van der Waals surface area contributed by atoms with Crippen molar-refractivity contribution in [2.45, 2.75) is 0 Å². The van der Waals surface area contributed by atoms with E-state index < -0.39 is 8.07 Å². The highest BCUT2D eigenvalue weighted by Crippen LogP contribution is 2.42. The van der Waals surface area contributed by atoms with E-state index in [1.807, 2.05) is 11.3 Å². The van der Waals surface area contributed by atoms with Crippen LogP contribution >= 0.6 is 11.3 Å². The van der Waals surface area contributed by atoms with Crippen molar-refractivity contribution in [3.05, 3.63) is 231 Å². The van der Waals surface area contributed by atoms with Gasteiger partial charge in [0.15, 0.2) is 8.07 Å². The van der Waals surface area contributed by atoms with Gasteiger partial charge in [0, 0.05) is 58.2 Å². The predicted molar refractivity (Wildman–Crippen MR) is 279 cm³/mol. The maximum absolute atomic E-state index is 7.02. The van der Waals surface area contributed by atoms with Gasteiger partial charge in [0.1, 0.15) is 11.2 Å². The number of hydrogen-bond acceptors (Lipinski definition) is 2. The van der Waals surface area contributed by atoms with E-state index in [1.165, 1.54) is 84.5 Å². The molecular formula is C60H38N2OSSi. The third-order valence-electron chi connectivity index (χ3n) is 13.9. The van der Waals surface area contributed by atoms with E-state index in [0.29, 0.717) is 0 Å². The van der Waals surface area contributed by atoms with Crippen molar-refractivity contribution in [2.24, 2.45) is 0 Å². The lowest BCUT2D eigenvalue weighted by atomic mass is 10.1. The molecule has 0 aliphatic heterocycles. The highest BCUT2D eigenvalue weighted by atomic mass is 32.1. The Morgan fingerprint density at radius 2 is 0.892 bits per heavy atom. The molecule has 5 heteroatoms. The minimum atomic E-state index is -3.18. The van der Waals surface area contributed by atoms with E-state index in [-0.39, 0.29) is 0 Å². The molecule has 0 N–H and O–H groups in total. The number of fused-ring (bicyclic) bond motifs is 12. The Balaban J connectivity index is 1.11. The van der Waals surface area contributed by atoms with Crippen LogP contribution in [0.25, 0.3) is 97.1 Å². The van der Waals surface area contributed by atoms with Gasteiger partial charge in [0.05, 0.1) is 27.8 Å². The van der Waals surface area contributed by atoms with E-state index >= 15 is 0 Å². The van der Waals surface area contributed by atoms with E-state index in [9.17, 15) is 0 Å². The number of nitrogens with zero attached hydrogens (tertiary/aromatic N) is 2. The largest absolute Gasteiger partial charge is 0.456 e. The third kappa shape index (κ3) is 5.10. The van der Waals surface area contributed by atoms with Gasteiger partial charge in [-0.15, -0.1) is 11.3 Å². The number of hydrogen-bond donors (Lipinski definition) is 0. The van der Waals surface area contributed by atoms with Gasteiger partial charge in [0.2, 0.25) is 0 Å². The van der Waals surface area contributed by atoms with Crippen molar-refractivity contribution in [2.75, 3.05) is 0 Å². The highest BCUT2D eigenvalue weighted by Gasteiger charge is 2.45. The SMILES string of the molecule is c1ccc([Si](c2ccccc2)(c2cccc3c2oc2ccccc23)c2cccc3c2c2ccccc2n3-c2cccc3c2c2ccccc2n3-c2ccc3sc4ccccc4c3c2)cc1. The summed E-state index contributed by atoms with van der Waals surface area (Å²) in [6.45, 7) is 0. The first-order valence-electron chi connectivity index (χ1n) is 22.3. The summed E-state index contributed by atoms with van der Waals surface area (Å²) in [6, 6.07) is 85.4. The van der Waals surface area contributed by atoms with Crippen LogP contribution in [-0.2, 0) is 0 Å². The van der Waals surface area contributed by atoms with Gasteiger partial charge < -0.3 is 13.6 Å². The lowest BCUT2D eigenvalue weighted by Crippen LogP contribution is -2.75. The van der Waals surface area contributed by atoms with Crippen molar-refractivity contribution in [1.29, 1.82) is 0 Å². The lowest BCUT2D eigenvalue weighted by Gasteiger charge is -2.35. The molecule has 3 nitrogen and oxygen atoms in total. The van der Waals surface area contributed by atoms with Crippen LogP contribution < -0.4 is 20.7 Å². The summed E-state index contributed by atoms with van der Waals surface area (Å²) in [4.78, 5) is 0. The molecule has 14 rings (SSSR count). The second-order valence-electron chi connectivity index (χ2n) is 17.1. The van der Waals surface area contributed by atoms with Crippen molar-refractivity contribution >= 4 is 126 Å². The van der Waals surface area contributed by atoms with Gasteiger partial charge in [-0.1, -0.05) is 170 Å². The average Bonchev–Trinajstić information content (AvgIpc) is 4.13. The third-order valence-corrected chi connectivity index (χ3v) is 19.8.